The molecular formula is C11H13ClO2. The Morgan fingerprint density at radius 3 is 2.57 bits per heavy atom. The highest BCUT2D eigenvalue weighted by atomic mass is 35.5. The first-order valence-corrected chi connectivity index (χ1v) is 4.60. The Hall–Kier alpha value is -1.15. The van der Waals surface area contributed by atoms with Gasteiger partial charge in [0.15, 0.2) is 11.5 Å². The molecule has 0 saturated heterocycles. The number of methoxy groups -OCH3 is 2. The fourth-order valence-corrected chi connectivity index (χ4v) is 1.44. The van der Waals surface area contributed by atoms with Crippen molar-refractivity contribution in [1.82, 2.24) is 0 Å². The number of allylic oxidation sites excluding steroid dienone is 1. The molecule has 0 amide bonds. The zero-order valence-corrected chi connectivity index (χ0v) is 9.10. The minimum absolute atomic E-state index is 0.580. The van der Waals surface area contributed by atoms with Crippen molar-refractivity contribution in [3.05, 3.63) is 35.4 Å². The van der Waals surface area contributed by atoms with Gasteiger partial charge in [0.05, 0.1) is 14.2 Å². The summed E-state index contributed by atoms with van der Waals surface area (Å²) in [6.45, 7) is 3.65. The largest absolute Gasteiger partial charge is 0.493 e. The van der Waals surface area contributed by atoms with Crippen LogP contribution in [0.3, 0.4) is 0 Å². The summed E-state index contributed by atoms with van der Waals surface area (Å²) in [7, 11) is 3.22. The lowest BCUT2D eigenvalue weighted by Gasteiger charge is -2.11. The first-order valence-electron chi connectivity index (χ1n) is 4.22. The van der Waals surface area contributed by atoms with Crippen molar-refractivity contribution in [2.45, 2.75) is 6.42 Å². The van der Waals surface area contributed by atoms with Crippen LogP contribution in [0.2, 0.25) is 0 Å². The normalized spacial score (nSPS) is 9.64. The molecule has 1 aromatic carbocycles. The molecule has 0 aliphatic carbocycles. The number of hydrogen-bond acceptors (Lipinski definition) is 2. The van der Waals surface area contributed by atoms with Crippen LogP contribution in [0.15, 0.2) is 29.8 Å². The average molecular weight is 213 g/mol. The van der Waals surface area contributed by atoms with E-state index in [0.717, 1.165) is 11.3 Å². The molecule has 0 fully saturated rings. The van der Waals surface area contributed by atoms with Crippen molar-refractivity contribution in [3.63, 3.8) is 0 Å². The number of halogens is 1. The summed E-state index contributed by atoms with van der Waals surface area (Å²) in [5, 5.41) is 0.580. The third-order valence-electron chi connectivity index (χ3n) is 1.87. The van der Waals surface area contributed by atoms with E-state index in [-0.39, 0.29) is 0 Å². The maximum absolute atomic E-state index is 5.75. The molecule has 1 aromatic rings. The molecule has 0 heterocycles. The average Bonchev–Trinajstić information content (AvgIpc) is 2.16. The van der Waals surface area contributed by atoms with Gasteiger partial charge >= 0.3 is 0 Å². The molecule has 76 valence electrons. The van der Waals surface area contributed by atoms with Crippen LogP contribution >= 0.6 is 11.6 Å². The van der Waals surface area contributed by atoms with Crippen molar-refractivity contribution in [3.8, 4) is 11.5 Å². The second-order valence-corrected chi connectivity index (χ2v) is 3.38. The van der Waals surface area contributed by atoms with Gasteiger partial charge in [0.2, 0.25) is 0 Å². The lowest BCUT2D eigenvalue weighted by Crippen LogP contribution is -1.95. The van der Waals surface area contributed by atoms with E-state index in [1.807, 2.05) is 18.2 Å². The third-order valence-corrected chi connectivity index (χ3v) is 2.00. The van der Waals surface area contributed by atoms with Crippen LogP contribution in [0.5, 0.6) is 11.5 Å². The van der Waals surface area contributed by atoms with Crippen molar-refractivity contribution >= 4 is 11.6 Å². The standard InChI is InChI=1S/C11H13ClO2/c1-8(12)7-9-5-4-6-10(13-2)11(9)14-3/h4-6H,1,7H2,2-3H3. The van der Waals surface area contributed by atoms with E-state index in [2.05, 4.69) is 6.58 Å². The molecule has 0 spiro atoms. The Bertz CT molecular complexity index is 334. The predicted octanol–water partition coefficient (Wildman–Crippen LogP) is 3.00. The van der Waals surface area contributed by atoms with Crippen LogP contribution in [-0.2, 0) is 6.42 Å². The van der Waals surface area contributed by atoms with Gasteiger partial charge in [-0.3, -0.25) is 0 Å². The molecule has 0 atom stereocenters. The minimum atomic E-state index is 0.580. The molecule has 0 aromatic heterocycles. The summed E-state index contributed by atoms with van der Waals surface area (Å²) in [5.41, 5.74) is 0.979. The Morgan fingerprint density at radius 1 is 1.36 bits per heavy atom. The highest BCUT2D eigenvalue weighted by Gasteiger charge is 2.09. The van der Waals surface area contributed by atoms with Crippen molar-refractivity contribution in [2.24, 2.45) is 0 Å². The van der Waals surface area contributed by atoms with E-state index in [0.29, 0.717) is 17.2 Å². The van der Waals surface area contributed by atoms with Crippen LogP contribution in [0.4, 0.5) is 0 Å². The molecule has 3 heteroatoms. The zero-order chi connectivity index (χ0) is 10.6. The first kappa shape index (κ1) is 10.9. The van der Waals surface area contributed by atoms with Crippen molar-refractivity contribution in [1.29, 1.82) is 0 Å². The Balaban J connectivity index is 3.08. The number of hydrogen-bond donors (Lipinski definition) is 0. The van der Waals surface area contributed by atoms with Crippen LogP contribution in [0.1, 0.15) is 5.56 Å². The minimum Gasteiger partial charge on any atom is -0.493 e. The second-order valence-electron chi connectivity index (χ2n) is 2.85. The van der Waals surface area contributed by atoms with E-state index in [4.69, 9.17) is 21.1 Å². The second kappa shape index (κ2) is 4.91. The van der Waals surface area contributed by atoms with E-state index in [1.54, 1.807) is 14.2 Å². The summed E-state index contributed by atoms with van der Waals surface area (Å²) in [6, 6.07) is 5.69. The number of para-hydroxylation sites is 1. The van der Waals surface area contributed by atoms with Crippen LogP contribution in [-0.4, -0.2) is 14.2 Å². The monoisotopic (exact) mass is 212 g/mol. The number of benzene rings is 1. The Kier molecular flexibility index (Phi) is 3.84. The van der Waals surface area contributed by atoms with Crippen LogP contribution < -0.4 is 9.47 Å². The topological polar surface area (TPSA) is 18.5 Å². The maximum Gasteiger partial charge on any atom is 0.164 e. The maximum atomic E-state index is 5.75. The van der Waals surface area contributed by atoms with E-state index in [1.165, 1.54) is 0 Å². The number of ether oxygens (including phenoxy) is 2. The van der Waals surface area contributed by atoms with E-state index < -0.39 is 0 Å². The van der Waals surface area contributed by atoms with Crippen molar-refractivity contribution in [2.75, 3.05) is 14.2 Å². The first-order chi connectivity index (χ1) is 6.69. The summed E-state index contributed by atoms with van der Waals surface area (Å²) in [5.74, 6) is 1.43. The Labute approximate surface area is 89.1 Å². The van der Waals surface area contributed by atoms with Gasteiger partial charge in [0.25, 0.3) is 0 Å². The van der Waals surface area contributed by atoms with Crippen LogP contribution in [0.25, 0.3) is 0 Å². The molecule has 0 bridgehead atoms. The van der Waals surface area contributed by atoms with E-state index in [9.17, 15) is 0 Å². The molecule has 14 heavy (non-hydrogen) atoms. The quantitative estimate of drug-likeness (QED) is 0.764. The summed E-state index contributed by atoms with van der Waals surface area (Å²) in [6.07, 6.45) is 0.585. The van der Waals surface area contributed by atoms with Gasteiger partial charge in [0.1, 0.15) is 0 Å². The van der Waals surface area contributed by atoms with Crippen LogP contribution in [0, 0.1) is 0 Å². The molecule has 0 saturated carbocycles. The van der Waals surface area contributed by atoms with Gasteiger partial charge in [-0.05, 0) is 6.07 Å². The van der Waals surface area contributed by atoms with Gasteiger partial charge in [-0.25, -0.2) is 0 Å². The summed E-state index contributed by atoms with van der Waals surface area (Å²) in [4.78, 5) is 0. The molecule has 0 aliphatic rings. The molecule has 0 N–H and O–H groups in total. The highest BCUT2D eigenvalue weighted by molar-refractivity contribution is 6.29. The zero-order valence-electron chi connectivity index (χ0n) is 8.34. The molecular weight excluding hydrogens is 200 g/mol. The van der Waals surface area contributed by atoms with Crippen molar-refractivity contribution < 1.29 is 9.47 Å². The smallest absolute Gasteiger partial charge is 0.164 e. The fourth-order valence-electron chi connectivity index (χ4n) is 1.30. The SMILES string of the molecule is C=C(Cl)Cc1cccc(OC)c1OC. The van der Waals surface area contributed by atoms with Gasteiger partial charge in [-0.2, -0.15) is 0 Å². The lowest BCUT2D eigenvalue weighted by molar-refractivity contribution is 0.352. The third kappa shape index (κ3) is 2.42. The lowest BCUT2D eigenvalue weighted by atomic mass is 10.1. The molecule has 1 rings (SSSR count). The summed E-state index contributed by atoms with van der Waals surface area (Å²) >= 11 is 5.75. The van der Waals surface area contributed by atoms with Gasteiger partial charge < -0.3 is 9.47 Å². The highest BCUT2D eigenvalue weighted by Crippen LogP contribution is 2.32. The summed E-state index contributed by atoms with van der Waals surface area (Å²) < 4.78 is 10.4. The molecule has 0 unspecified atom stereocenters. The van der Waals surface area contributed by atoms with E-state index >= 15 is 0 Å². The number of rotatable bonds is 4. The predicted molar refractivity (Wildman–Crippen MR) is 58.2 cm³/mol. The van der Waals surface area contributed by atoms with Gasteiger partial charge in [-0.15, -0.1) is 0 Å². The fraction of sp³-hybridized carbons (Fsp3) is 0.273. The van der Waals surface area contributed by atoms with Gasteiger partial charge in [-0.1, -0.05) is 30.3 Å². The van der Waals surface area contributed by atoms with Gasteiger partial charge in [0, 0.05) is 17.0 Å². The Morgan fingerprint density at radius 2 is 2.07 bits per heavy atom. The molecule has 0 radical (unpaired) electrons. The molecule has 0 aliphatic heterocycles. The molecule has 2 nitrogen and oxygen atoms in total.